The van der Waals surface area contributed by atoms with Crippen molar-refractivity contribution in [3.8, 4) is 5.75 Å². The second kappa shape index (κ2) is 6.81. The predicted molar refractivity (Wildman–Crippen MR) is 85.4 cm³/mol. The molecule has 0 N–H and O–H groups in total. The Morgan fingerprint density at radius 2 is 1.80 bits per heavy atom. The first-order chi connectivity index (χ1) is 9.47. The van der Waals surface area contributed by atoms with Crippen LogP contribution in [0.5, 0.6) is 5.75 Å². The standard InChI is InChI=1S/C14H8BrCl3O2/c15-8-1-4-14(12(18)5-8)20-7-13(19)10-3-2-9(16)6-11(10)17/h1-6H,7H2. The number of hydrogen-bond acceptors (Lipinski definition) is 2. The van der Waals surface area contributed by atoms with E-state index in [-0.39, 0.29) is 12.4 Å². The van der Waals surface area contributed by atoms with Gasteiger partial charge in [-0.25, -0.2) is 0 Å². The summed E-state index contributed by atoms with van der Waals surface area (Å²) in [6.45, 7) is -0.150. The molecule has 0 radical (unpaired) electrons. The molecule has 2 nitrogen and oxygen atoms in total. The van der Waals surface area contributed by atoms with Crippen LogP contribution in [0.25, 0.3) is 0 Å². The third-order valence-corrected chi connectivity index (χ3v) is 3.82. The predicted octanol–water partition coefficient (Wildman–Crippen LogP) is 5.67. The van der Waals surface area contributed by atoms with Gasteiger partial charge >= 0.3 is 0 Å². The van der Waals surface area contributed by atoms with E-state index in [1.165, 1.54) is 6.07 Å². The molecule has 0 atom stereocenters. The van der Waals surface area contributed by atoms with E-state index in [0.29, 0.717) is 26.4 Å². The highest BCUT2D eigenvalue weighted by Gasteiger charge is 2.12. The molecule has 2 aromatic rings. The van der Waals surface area contributed by atoms with E-state index < -0.39 is 0 Å². The number of hydrogen-bond donors (Lipinski definition) is 0. The summed E-state index contributed by atoms with van der Waals surface area (Å²) in [6, 6.07) is 9.84. The molecule has 0 aromatic heterocycles. The fraction of sp³-hybridized carbons (Fsp3) is 0.0714. The van der Waals surface area contributed by atoms with Crippen LogP contribution in [0.4, 0.5) is 0 Å². The number of ketones is 1. The van der Waals surface area contributed by atoms with E-state index in [1.54, 1.807) is 30.3 Å². The SMILES string of the molecule is O=C(COc1ccc(Br)cc1Cl)c1ccc(Cl)cc1Cl. The molecule has 0 fully saturated rings. The Hall–Kier alpha value is -0.740. The highest BCUT2D eigenvalue weighted by molar-refractivity contribution is 9.10. The molecule has 2 aromatic carbocycles. The van der Waals surface area contributed by atoms with Gasteiger partial charge in [0.05, 0.1) is 10.0 Å². The van der Waals surface area contributed by atoms with Crippen LogP contribution >= 0.6 is 50.7 Å². The number of carbonyl (C=O) groups is 1. The van der Waals surface area contributed by atoms with Crippen LogP contribution < -0.4 is 4.74 Å². The first-order valence-corrected chi connectivity index (χ1v) is 7.46. The van der Waals surface area contributed by atoms with Crippen LogP contribution in [-0.4, -0.2) is 12.4 Å². The van der Waals surface area contributed by atoms with Crippen molar-refractivity contribution < 1.29 is 9.53 Å². The molecule has 6 heteroatoms. The summed E-state index contributed by atoms with van der Waals surface area (Å²) in [5.74, 6) is 0.193. The molecule has 0 spiro atoms. The molecule has 104 valence electrons. The summed E-state index contributed by atoms with van der Waals surface area (Å²) in [5.41, 5.74) is 0.365. The first-order valence-electron chi connectivity index (χ1n) is 5.53. The molecule has 0 saturated carbocycles. The van der Waals surface area contributed by atoms with Gasteiger partial charge in [-0.1, -0.05) is 50.7 Å². The van der Waals surface area contributed by atoms with Crippen molar-refractivity contribution in [1.82, 2.24) is 0 Å². The van der Waals surface area contributed by atoms with Crippen LogP contribution in [-0.2, 0) is 0 Å². The van der Waals surface area contributed by atoms with Gasteiger partial charge in [0, 0.05) is 15.1 Å². The van der Waals surface area contributed by atoms with E-state index in [0.717, 1.165) is 4.47 Å². The zero-order valence-corrected chi connectivity index (χ0v) is 13.9. The second-order valence-corrected chi connectivity index (χ2v) is 6.08. The largest absolute Gasteiger partial charge is 0.484 e. The highest BCUT2D eigenvalue weighted by atomic mass is 79.9. The van der Waals surface area contributed by atoms with Gasteiger partial charge in [-0.15, -0.1) is 0 Å². The van der Waals surface area contributed by atoms with Crippen molar-refractivity contribution in [2.75, 3.05) is 6.61 Å². The number of Topliss-reactive ketones (excluding diaryl/α,β-unsaturated/α-hetero) is 1. The summed E-state index contributed by atoms with van der Waals surface area (Å²) in [6.07, 6.45) is 0. The third-order valence-electron chi connectivity index (χ3n) is 2.48. The van der Waals surface area contributed by atoms with Crippen LogP contribution in [0.15, 0.2) is 40.9 Å². The maximum absolute atomic E-state index is 12.0. The van der Waals surface area contributed by atoms with Crippen LogP contribution in [0.1, 0.15) is 10.4 Å². The second-order valence-electron chi connectivity index (χ2n) is 3.91. The van der Waals surface area contributed by atoms with E-state index in [4.69, 9.17) is 39.5 Å². The van der Waals surface area contributed by atoms with Gasteiger partial charge in [0.1, 0.15) is 5.75 Å². The lowest BCUT2D eigenvalue weighted by molar-refractivity contribution is 0.0922. The van der Waals surface area contributed by atoms with Crippen molar-refractivity contribution in [2.24, 2.45) is 0 Å². The van der Waals surface area contributed by atoms with Gasteiger partial charge in [-0.3, -0.25) is 4.79 Å². The highest BCUT2D eigenvalue weighted by Crippen LogP contribution is 2.28. The molecule has 0 aliphatic rings. The third kappa shape index (κ3) is 3.89. The molecule has 0 aliphatic heterocycles. The zero-order valence-electron chi connectivity index (χ0n) is 10.00. The molecule has 2 rings (SSSR count). The summed E-state index contributed by atoms with van der Waals surface area (Å²) in [7, 11) is 0. The molecular weight excluding hydrogens is 386 g/mol. The molecule has 0 aliphatic carbocycles. The maximum Gasteiger partial charge on any atom is 0.201 e. The van der Waals surface area contributed by atoms with Crippen molar-refractivity contribution in [3.05, 3.63) is 61.5 Å². The van der Waals surface area contributed by atoms with Crippen molar-refractivity contribution in [2.45, 2.75) is 0 Å². The number of benzene rings is 2. The lowest BCUT2D eigenvalue weighted by atomic mass is 10.1. The molecule has 20 heavy (non-hydrogen) atoms. The van der Waals surface area contributed by atoms with E-state index >= 15 is 0 Å². The van der Waals surface area contributed by atoms with E-state index in [1.807, 2.05) is 0 Å². The van der Waals surface area contributed by atoms with E-state index in [9.17, 15) is 4.79 Å². The summed E-state index contributed by atoms with van der Waals surface area (Å²) >= 11 is 21.0. The molecular formula is C14H8BrCl3O2. The zero-order chi connectivity index (χ0) is 14.7. The van der Waals surface area contributed by atoms with Gasteiger partial charge in [-0.05, 0) is 36.4 Å². The molecule has 0 heterocycles. The van der Waals surface area contributed by atoms with Crippen molar-refractivity contribution in [3.63, 3.8) is 0 Å². The minimum absolute atomic E-state index is 0.150. The topological polar surface area (TPSA) is 26.3 Å². The van der Waals surface area contributed by atoms with Crippen LogP contribution in [0, 0.1) is 0 Å². The van der Waals surface area contributed by atoms with Crippen LogP contribution in [0.3, 0.4) is 0 Å². The Morgan fingerprint density at radius 1 is 1.05 bits per heavy atom. The van der Waals surface area contributed by atoms with Gasteiger partial charge in [0.2, 0.25) is 5.78 Å². The molecule has 0 bridgehead atoms. The van der Waals surface area contributed by atoms with Crippen molar-refractivity contribution >= 4 is 56.5 Å². The lowest BCUT2D eigenvalue weighted by Crippen LogP contribution is -2.12. The lowest BCUT2D eigenvalue weighted by Gasteiger charge is -2.08. The minimum Gasteiger partial charge on any atom is -0.484 e. The average Bonchev–Trinajstić information content (AvgIpc) is 2.37. The van der Waals surface area contributed by atoms with Gasteiger partial charge < -0.3 is 4.74 Å². The Bertz CT molecular complexity index is 659. The maximum atomic E-state index is 12.0. The quantitative estimate of drug-likeness (QED) is 0.625. The number of ether oxygens (including phenoxy) is 1. The Balaban J connectivity index is 2.08. The van der Waals surface area contributed by atoms with Gasteiger partial charge in [0.25, 0.3) is 0 Å². The first kappa shape index (κ1) is 15.6. The number of carbonyl (C=O) groups excluding carboxylic acids is 1. The van der Waals surface area contributed by atoms with Gasteiger partial charge in [0.15, 0.2) is 6.61 Å². The monoisotopic (exact) mass is 392 g/mol. The van der Waals surface area contributed by atoms with Gasteiger partial charge in [-0.2, -0.15) is 0 Å². The summed E-state index contributed by atoms with van der Waals surface area (Å²) in [5, 5.41) is 1.20. The molecule has 0 amide bonds. The summed E-state index contributed by atoms with van der Waals surface area (Å²) in [4.78, 5) is 12.0. The smallest absolute Gasteiger partial charge is 0.201 e. The fourth-order valence-corrected chi connectivity index (χ4v) is 2.77. The number of halogens is 4. The Kier molecular flexibility index (Phi) is 5.33. The minimum atomic E-state index is -0.245. The Morgan fingerprint density at radius 3 is 2.45 bits per heavy atom. The summed E-state index contributed by atoms with van der Waals surface area (Å²) < 4.78 is 6.23. The Labute approximate surface area is 139 Å². The molecule has 0 unspecified atom stereocenters. The van der Waals surface area contributed by atoms with E-state index in [2.05, 4.69) is 15.9 Å². The average molecular weight is 394 g/mol. The normalized spacial score (nSPS) is 10.4. The molecule has 0 saturated heterocycles. The number of rotatable bonds is 4. The fourth-order valence-electron chi connectivity index (χ4n) is 1.53. The van der Waals surface area contributed by atoms with Crippen molar-refractivity contribution in [1.29, 1.82) is 0 Å². The van der Waals surface area contributed by atoms with Crippen LogP contribution in [0.2, 0.25) is 15.1 Å².